The Kier molecular flexibility index (Phi) is 2.83. The average molecular weight is 171 g/mol. The third kappa shape index (κ3) is 2.32. The maximum Gasteiger partial charge on any atom is 0.270 e. The average Bonchev–Trinajstić information content (AvgIpc) is 2.34. The van der Waals surface area contributed by atoms with Crippen LogP contribution in [0, 0.1) is 0 Å². The lowest BCUT2D eigenvalue weighted by molar-refractivity contribution is -0.162. The van der Waals surface area contributed by atoms with Crippen LogP contribution in [-0.4, -0.2) is 35.3 Å². The van der Waals surface area contributed by atoms with Crippen molar-refractivity contribution in [1.82, 2.24) is 5.06 Å². The summed E-state index contributed by atoms with van der Waals surface area (Å²) >= 11 is 0. The van der Waals surface area contributed by atoms with Crippen LogP contribution in [0.25, 0.3) is 0 Å². The van der Waals surface area contributed by atoms with Gasteiger partial charge in [-0.1, -0.05) is 5.57 Å². The number of aliphatic hydroxyl groups excluding tert-OH is 1. The van der Waals surface area contributed by atoms with Crippen molar-refractivity contribution in [3.63, 3.8) is 0 Å². The van der Waals surface area contributed by atoms with Gasteiger partial charge in [0.05, 0.1) is 6.54 Å². The number of nitrogens with zero attached hydrogens (tertiary/aromatic N) is 1. The Hall–Kier alpha value is -0.870. The van der Waals surface area contributed by atoms with Gasteiger partial charge >= 0.3 is 0 Å². The molecule has 0 aromatic heterocycles. The summed E-state index contributed by atoms with van der Waals surface area (Å²) in [5.41, 5.74) is 0.921. The fraction of sp³-hybridized carbons (Fsp3) is 0.625. The predicted molar refractivity (Wildman–Crippen MR) is 43.1 cm³/mol. The van der Waals surface area contributed by atoms with Gasteiger partial charge in [-0.25, -0.2) is 5.06 Å². The zero-order valence-electron chi connectivity index (χ0n) is 7.28. The molecule has 0 aromatic carbocycles. The molecule has 1 aliphatic heterocycles. The van der Waals surface area contributed by atoms with Crippen LogP contribution in [0.3, 0.4) is 0 Å². The van der Waals surface area contributed by atoms with Crippen molar-refractivity contribution in [1.29, 1.82) is 0 Å². The van der Waals surface area contributed by atoms with Crippen molar-refractivity contribution in [2.45, 2.75) is 20.0 Å². The summed E-state index contributed by atoms with van der Waals surface area (Å²) in [4.78, 5) is 16.1. The first-order chi connectivity index (χ1) is 5.59. The Morgan fingerprint density at radius 3 is 2.75 bits per heavy atom. The molecule has 1 amide bonds. The van der Waals surface area contributed by atoms with Crippen molar-refractivity contribution in [3.05, 3.63) is 11.6 Å². The van der Waals surface area contributed by atoms with E-state index in [1.807, 2.05) is 13.8 Å². The fourth-order valence-corrected chi connectivity index (χ4v) is 0.945. The molecule has 1 aliphatic rings. The van der Waals surface area contributed by atoms with Crippen LogP contribution in [0.5, 0.6) is 0 Å². The van der Waals surface area contributed by atoms with Gasteiger partial charge in [-0.05, 0) is 13.8 Å². The van der Waals surface area contributed by atoms with Gasteiger partial charge in [0, 0.05) is 6.08 Å². The summed E-state index contributed by atoms with van der Waals surface area (Å²) < 4.78 is 0. The molecule has 0 aliphatic carbocycles. The quantitative estimate of drug-likeness (QED) is 0.569. The van der Waals surface area contributed by atoms with Gasteiger partial charge in [0.1, 0.15) is 12.7 Å². The largest absolute Gasteiger partial charge is 0.389 e. The normalized spacial score (nSPS) is 22.6. The molecule has 1 heterocycles. The molecule has 4 nitrogen and oxygen atoms in total. The van der Waals surface area contributed by atoms with Gasteiger partial charge in [-0.2, -0.15) is 0 Å². The molecule has 1 saturated heterocycles. The lowest BCUT2D eigenvalue weighted by atomic mass is 10.3. The minimum absolute atomic E-state index is 0.202. The number of allylic oxidation sites excluding steroid dienone is 1. The number of hydrogen-bond acceptors (Lipinski definition) is 3. The second kappa shape index (κ2) is 3.69. The van der Waals surface area contributed by atoms with Gasteiger partial charge < -0.3 is 5.11 Å². The van der Waals surface area contributed by atoms with Gasteiger partial charge in [-0.15, -0.1) is 0 Å². The predicted octanol–water partition coefficient (Wildman–Crippen LogP) is 0.0873. The van der Waals surface area contributed by atoms with E-state index in [0.29, 0.717) is 0 Å². The number of amides is 1. The summed E-state index contributed by atoms with van der Waals surface area (Å²) in [5, 5.41) is 10.2. The van der Waals surface area contributed by atoms with Crippen LogP contribution in [0.1, 0.15) is 13.8 Å². The first-order valence-corrected chi connectivity index (χ1v) is 3.87. The van der Waals surface area contributed by atoms with Crippen molar-refractivity contribution in [2.24, 2.45) is 0 Å². The van der Waals surface area contributed by atoms with Gasteiger partial charge in [0.2, 0.25) is 0 Å². The zero-order valence-corrected chi connectivity index (χ0v) is 7.28. The summed E-state index contributed by atoms with van der Waals surface area (Å²) in [6.45, 7) is 4.15. The molecule has 0 aromatic rings. The third-order valence-electron chi connectivity index (χ3n) is 1.46. The molecule has 1 atom stereocenters. The summed E-state index contributed by atoms with van der Waals surface area (Å²) in [6.07, 6.45) is 0.942. The Morgan fingerprint density at radius 2 is 2.33 bits per heavy atom. The fourth-order valence-electron chi connectivity index (χ4n) is 0.945. The third-order valence-corrected chi connectivity index (χ3v) is 1.46. The highest BCUT2D eigenvalue weighted by molar-refractivity contribution is 5.87. The monoisotopic (exact) mass is 171 g/mol. The zero-order chi connectivity index (χ0) is 9.14. The molecule has 4 heteroatoms. The molecule has 0 radical (unpaired) electrons. The SMILES string of the molecule is CC(C)=CC(=O)N1C[C@@H](O)CO1. The van der Waals surface area contributed by atoms with E-state index in [2.05, 4.69) is 0 Å². The molecule has 1 N–H and O–H groups in total. The highest BCUT2D eigenvalue weighted by atomic mass is 16.7. The van der Waals surface area contributed by atoms with E-state index in [1.165, 1.54) is 11.1 Å². The molecule has 68 valence electrons. The van der Waals surface area contributed by atoms with Crippen LogP contribution < -0.4 is 0 Å². The van der Waals surface area contributed by atoms with Gasteiger partial charge in [-0.3, -0.25) is 9.63 Å². The van der Waals surface area contributed by atoms with Crippen LogP contribution in [0.4, 0.5) is 0 Å². The second-order valence-corrected chi connectivity index (χ2v) is 3.07. The first-order valence-electron chi connectivity index (χ1n) is 3.87. The van der Waals surface area contributed by atoms with Crippen molar-refractivity contribution >= 4 is 5.91 Å². The van der Waals surface area contributed by atoms with Gasteiger partial charge in [0.15, 0.2) is 0 Å². The van der Waals surface area contributed by atoms with Crippen molar-refractivity contribution in [3.8, 4) is 0 Å². The lowest BCUT2D eigenvalue weighted by Gasteiger charge is -2.10. The summed E-state index contributed by atoms with van der Waals surface area (Å²) in [6, 6.07) is 0. The van der Waals surface area contributed by atoms with Crippen LogP contribution in [0.2, 0.25) is 0 Å². The summed E-state index contributed by atoms with van der Waals surface area (Å²) in [5.74, 6) is -0.202. The highest BCUT2D eigenvalue weighted by Crippen LogP contribution is 2.06. The minimum Gasteiger partial charge on any atom is -0.389 e. The first kappa shape index (κ1) is 9.22. The summed E-state index contributed by atoms with van der Waals surface area (Å²) in [7, 11) is 0. The second-order valence-electron chi connectivity index (χ2n) is 3.07. The van der Waals surface area contributed by atoms with E-state index in [-0.39, 0.29) is 19.1 Å². The Labute approximate surface area is 71.4 Å². The number of hydroxylamine groups is 2. The maximum absolute atomic E-state index is 11.2. The van der Waals surface area contributed by atoms with Crippen molar-refractivity contribution < 1.29 is 14.7 Å². The van der Waals surface area contributed by atoms with E-state index in [4.69, 9.17) is 9.94 Å². The van der Waals surface area contributed by atoms with Gasteiger partial charge in [0.25, 0.3) is 5.91 Å². The standard InChI is InChI=1S/C8H13NO3/c1-6(2)3-8(11)9-4-7(10)5-12-9/h3,7,10H,4-5H2,1-2H3/t7-/m1/s1. The van der Waals surface area contributed by atoms with Crippen molar-refractivity contribution in [2.75, 3.05) is 13.2 Å². The van der Waals surface area contributed by atoms with E-state index >= 15 is 0 Å². The van der Waals surface area contributed by atoms with E-state index in [9.17, 15) is 4.79 Å². The van der Waals surface area contributed by atoms with Crippen LogP contribution in [-0.2, 0) is 9.63 Å². The topological polar surface area (TPSA) is 49.8 Å². The molecule has 12 heavy (non-hydrogen) atoms. The number of aliphatic hydroxyl groups is 1. The van der Waals surface area contributed by atoms with E-state index in [0.717, 1.165) is 5.57 Å². The number of carbonyl (C=O) groups excluding carboxylic acids is 1. The number of β-amino-alcohol motifs (C(OH)–C–C–N with tert-alkyl or cyclic N) is 1. The Morgan fingerprint density at radius 1 is 1.67 bits per heavy atom. The molecular weight excluding hydrogens is 158 g/mol. The van der Waals surface area contributed by atoms with E-state index < -0.39 is 6.10 Å². The molecule has 1 fully saturated rings. The lowest BCUT2D eigenvalue weighted by Crippen LogP contribution is -2.26. The molecule has 0 spiro atoms. The number of carbonyl (C=O) groups is 1. The van der Waals surface area contributed by atoms with Crippen LogP contribution >= 0.6 is 0 Å². The number of hydrogen-bond donors (Lipinski definition) is 1. The maximum atomic E-state index is 11.2. The highest BCUT2D eigenvalue weighted by Gasteiger charge is 2.24. The number of rotatable bonds is 1. The Bertz CT molecular complexity index is 208. The molecule has 0 saturated carbocycles. The smallest absolute Gasteiger partial charge is 0.270 e. The Balaban J connectivity index is 2.49. The minimum atomic E-state index is -0.542. The molecular formula is C8H13NO3. The molecule has 0 unspecified atom stereocenters. The van der Waals surface area contributed by atoms with E-state index in [1.54, 1.807) is 0 Å². The molecule has 1 rings (SSSR count). The molecule has 0 bridgehead atoms. The van der Waals surface area contributed by atoms with Crippen LogP contribution in [0.15, 0.2) is 11.6 Å².